The lowest BCUT2D eigenvalue weighted by molar-refractivity contribution is -0.201. The molecule has 0 spiro atoms. The highest BCUT2D eigenvalue weighted by atomic mass is 28.3. The molecular weight excluding hydrogens is 188 g/mol. The molecule has 1 heterocycles. The van der Waals surface area contributed by atoms with E-state index in [4.69, 9.17) is 19.4 Å². The maximum Gasteiger partial charge on any atom is 0.182 e. The Bertz CT molecular complexity index is 164. The summed E-state index contributed by atoms with van der Waals surface area (Å²) in [5.41, 5.74) is 0. The monoisotopic (exact) mass is 206 g/mol. The average Bonchev–Trinajstić information content (AvgIpc) is 2.48. The van der Waals surface area contributed by atoms with Gasteiger partial charge in [-0.1, -0.05) is 0 Å². The second kappa shape index (κ2) is 4.52. The summed E-state index contributed by atoms with van der Waals surface area (Å²) in [5, 5.41) is 18.0. The molecule has 0 unspecified atom stereocenters. The van der Waals surface area contributed by atoms with Crippen molar-refractivity contribution in [1.29, 1.82) is 0 Å². The topological polar surface area (TPSA) is 58.9 Å². The minimum absolute atomic E-state index is 0.00472. The van der Waals surface area contributed by atoms with Gasteiger partial charge in [0.1, 0.15) is 0 Å². The molecule has 78 valence electrons. The first kappa shape index (κ1) is 11.1. The molecule has 0 aromatic heterocycles. The van der Waals surface area contributed by atoms with E-state index >= 15 is 0 Å². The smallest absolute Gasteiger partial charge is 0.182 e. The standard InChI is InChI=1S/C8H18O4Si/c1-13(2)12-8(6-10)4-3-7(5-9)11-8/h7,9-10,13H,3-6H2,1-2H3/t7-,8-/m0/s1. The van der Waals surface area contributed by atoms with Gasteiger partial charge < -0.3 is 19.4 Å². The average molecular weight is 206 g/mol. The number of hydrogen-bond donors (Lipinski definition) is 2. The predicted octanol–water partition coefficient (Wildman–Crippen LogP) is -0.154. The maximum atomic E-state index is 9.17. The van der Waals surface area contributed by atoms with Gasteiger partial charge in [0.15, 0.2) is 14.8 Å². The molecule has 5 heteroatoms. The third-order valence-corrected chi connectivity index (χ3v) is 3.02. The lowest BCUT2D eigenvalue weighted by Gasteiger charge is -2.29. The molecule has 13 heavy (non-hydrogen) atoms. The molecule has 0 bridgehead atoms. The summed E-state index contributed by atoms with van der Waals surface area (Å²) < 4.78 is 11.1. The molecule has 0 amide bonds. The largest absolute Gasteiger partial charge is 0.394 e. The second-order valence-electron chi connectivity index (χ2n) is 3.70. The van der Waals surface area contributed by atoms with Gasteiger partial charge in [0.25, 0.3) is 0 Å². The van der Waals surface area contributed by atoms with Gasteiger partial charge in [-0.25, -0.2) is 0 Å². The van der Waals surface area contributed by atoms with E-state index in [0.717, 1.165) is 6.42 Å². The van der Waals surface area contributed by atoms with Gasteiger partial charge in [0.05, 0.1) is 19.3 Å². The summed E-state index contributed by atoms with van der Waals surface area (Å²) in [5.74, 6) is -0.812. The summed E-state index contributed by atoms with van der Waals surface area (Å²) >= 11 is 0. The molecule has 2 atom stereocenters. The zero-order valence-corrected chi connectivity index (χ0v) is 9.35. The molecule has 0 aromatic carbocycles. The van der Waals surface area contributed by atoms with Crippen LogP contribution < -0.4 is 0 Å². The second-order valence-corrected chi connectivity index (χ2v) is 6.03. The van der Waals surface area contributed by atoms with Gasteiger partial charge in [-0.2, -0.15) is 0 Å². The highest BCUT2D eigenvalue weighted by Gasteiger charge is 2.40. The first-order valence-electron chi connectivity index (χ1n) is 4.69. The molecule has 0 aromatic rings. The first-order chi connectivity index (χ1) is 6.12. The van der Waals surface area contributed by atoms with Crippen LogP contribution in [0.4, 0.5) is 0 Å². The van der Waals surface area contributed by atoms with Gasteiger partial charge >= 0.3 is 0 Å². The van der Waals surface area contributed by atoms with Crippen molar-refractivity contribution in [2.24, 2.45) is 0 Å². The van der Waals surface area contributed by atoms with Crippen LogP contribution in [0.3, 0.4) is 0 Å². The lowest BCUT2D eigenvalue weighted by Crippen LogP contribution is -2.40. The van der Waals surface area contributed by atoms with E-state index in [2.05, 4.69) is 0 Å². The molecule has 0 saturated carbocycles. The molecule has 1 aliphatic rings. The number of rotatable bonds is 4. The van der Waals surface area contributed by atoms with Crippen LogP contribution in [0, 0.1) is 0 Å². The number of aliphatic hydroxyl groups is 2. The van der Waals surface area contributed by atoms with E-state index in [1.807, 2.05) is 13.1 Å². The Hall–Kier alpha value is 0.0569. The van der Waals surface area contributed by atoms with E-state index in [1.165, 1.54) is 0 Å². The summed E-state index contributed by atoms with van der Waals surface area (Å²) in [7, 11) is -1.21. The highest BCUT2D eigenvalue weighted by molar-refractivity contribution is 6.48. The SMILES string of the molecule is C[SiH](C)O[C@]1(CO)CC[C@@H](CO)O1. The summed E-state index contributed by atoms with van der Waals surface area (Å²) in [6.45, 7) is 3.96. The molecular formula is C8H18O4Si. The van der Waals surface area contributed by atoms with Crippen LogP contribution in [0.5, 0.6) is 0 Å². The Morgan fingerprint density at radius 3 is 2.62 bits per heavy atom. The molecule has 1 rings (SSSR count). The zero-order valence-electron chi connectivity index (χ0n) is 8.19. The van der Waals surface area contributed by atoms with Crippen molar-refractivity contribution < 1.29 is 19.4 Å². The zero-order chi connectivity index (χ0) is 9.90. The number of hydrogen-bond acceptors (Lipinski definition) is 4. The predicted molar refractivity (Wildman–Crippen MR) is 51.0 cm³/mol. The Morgan fingerprint density at radius 1 is 1.54 bits per heavy atom. The van der Waals surface area contributed by atoms with Crippen LogP contribution in [0.25, 0.3) is 0 Å². The quantitative estimate of drug-likeness (QED) is 0.628. The van der Waals surface area contributed by atoms with Gasteiger partial charge in [-0.05, 0) is 19.5 Å². The summed E-state index contributed by atoms with van der Waals surface area (Å²) in [4.78, 5) is 0. The molecule has 1 aliphatic heterocycles. The Morgan fingerprint density at radius 2 is 2.23 bits per heavy atom. The fourth-order valence-electron chi connectivity index (χ4n) is 1.60. The molecule has 2 N–H and O–H groups in total. The van der Waals surface area contributed by atoms with Crippen LogP contribution in [-0.4, -0.2) is 44.4 Å². The van der Waals surface area contributed by atoms with E-state index in [-0.39, 0.29) is 19.3 Å². The fraction of sp³-hybridized carbons (Fsp3) is 1.00. The van der Waals surface area contributed by atoms with Gasteiger partial charge in [0.2, 0.25) is 0 Å². The van der Waals surface area contributed by atoms with Crippen molar-refractivity contribution in [3.05, 3.63) is 0 Å². The van der Waals surface area contributed by atoms with E-state index < -0.39 is 14.8 Å². The third-order valence-electron chi connectivity index (χ3n) is 2.12. The van der Waals surface area contributed by atoms with Crippen molar-refractivity contribution in [3.63, 3.8) is 0 Å². The van der Waals surface area contributed by atoms with Crippen molar-refractivity contribution in [3.8, 4) is 0 Å². The van der Waals surface area contributed by atoms with Gasteiger partial charge in [0, 0.05) is 6.42 Å². The molecule has 1 saturated heterocycles. The Kier molecular flexibility index (Phi) is 3.87. The van der Waals surface area contributed by atoms with Crippen LogP contribution >= 0.6 is 0 Å². The molecule has 4 nitrogen and oxygen atoms in total. The lowest BCUT2D eigenvalue weighted by atomic mass is 10.2. The van der Waals surface area contributed by atoms with Crippen molar-refractivity contribution in [2.75, 3.05) is 13.2 Å². The Labute approximate surface area is 80.2 Å². The highest BCUT2D eigenvalue weighted by Crippen LogP contribution is 2.31. The summed E-state index contributed by atoms with van der Waals surface area (Å²) in [6, 6.07) is 0. The first-order valence-corrected chi connectivity index (χ1v) is 7.47. The molecule has 0 radical (unpaired) electrons. The van der Waals surface area contributed by atoms with Crippen molar-refractivity contribution in [1.82, 2.24) is 0 Å². The third kappa shape index (κ3) is 2.75. The summed E-state index contributed by atoms with van der Waals surface area (Å²) in [6.07, 6.45) is 1.28. The van der Waals surface area contributed by atoms with Crippen LogP contribution in [-0.2, 0) is 9.16 Å². The fourth-order valence-corrected chi connectivity index (χ4v) is 2.71. The van der Waals surface area contributed by atoms with E-state index in [1.54, 1.807) is 0 Å². The van der Waals surface area contributed by atoms with Crippen molar-refractivity contribution >= 4 is 9.04 Å². The number of aliphatic hydroxyl groups excluding tert-OH is 2. The van der Waals surface area contributed by atoms with Crippen LogP contribution in [0.2, 0.25) is 13.1 Å². The van der Waals surface area contributed by atoms with Gasteiger partial charge in [-0.3, -0.25) is 0 Å². The van der Waals surface area contributed by atoms with Crippen molar-refractivity contribution in [2.45, 2.75) is 37.8 Å². The van der Waals surface area contributed by atoms with E-state index in [9.17, 15) is 0 Å². The maximum absolute atomic E-state index is 9.17. The van der Waals surface area contributed by atoms with Gasteiger partial charge in [-0.15, -0.1) is 0 Å². The minimum atomic E-state index is -1.21. The van der Waals surface area contributed by atoms with Crippen LogP contribution in [0.1, 0.15) is 12.8 Å². The van der Waals surface area contributed by atoms with Crippen LogP contribution in [0.15, 0.2) is 0 Å². The minimum Gasteiger partial charge on any atom is -0.394 e. The normalized spacial score (nSPS) is 34.4. The Balaban J connectivity index is 2.52. The van der Waals surface area contributed by atoms with E-state index in [0.29, 0.717) is 6.42 Å². The molecule has 0 aliphatic carbocycles. The number of ether oxygens (including phenoxy) is 1. The molecule has 1 fully saturated rings.